The average molecular weight is 184 g/mol. The zero-order valence-electron chi connectivity index (χ0n) is 7.49. The van der Waals surface area contributed by atoms with Gasteiger partial charge in [-0.15, -0.1) is 0 Å². The Morgan fingerprint density at radius 1 is 1.15 bits per heavy atom. The predicted molar refractivity (Wildman–Crippen MR) is 40.0 cm³/mol. The van der Waals surface area contributed by atoms with E-state index < -0.39 is 23.8 Å². The van der Waals surface area contributed by atoms with E-state index in [0.29, 0.717) is 19.3 Å². The van der Waals surface area contributed by atoms with Crippen molar-refractivity contribution in [2.24, 2.45) is 17.8 Å². The molecule has 0 aromatic rings. The van der Waals surface area contributed by atoms with Crippen LogP contribution in [0.1, 0.15) is 26.2 Å². The largest absolute Gasteiger partial charge is 0.550 e. The second-order valence-electron chi connectivity index (χ2n) is 3.73. The Morgan fingerprint density at radius 2 is 1.77 bits per heavy atom. The van der Waals surface area contributed by atoms with E-state index in [1.165, 1.54) is 0 Å². The average Bonchev–Trinajstić information content (AvgIpc) is 2.03. The SMILES string of the molecule is CC1CC(C(=O)[O-])CCC1C(=O)[O-]. The summed E-state index contributed by atoms with van der Waals surface area (Å²) in [4.78, 5) is 21.1. The summed E-state index contributed by atoms with van der Waals surface area (Å²) in [5.41, 5.74) is 0. The summed E-state index contributed by atoms with van der Waals surface area (Å²) in [6.45, 7) is 1.75. The first-order valence-corrected chi connectivity index (χ1v) is 4.44. The fourth-order valence-electron chi connectivity index (χ4n) is 1.96. The molecule has 4 heteroatoms. The molecule has 3 atom stereocenters. The lowest BCUT2D eigenvalue weighted by molar-refractivity contribution is -0.320. The second kappa shape index (κ2) is 3.77. The van der Waals surface area contributed by atoms with Gasteiger partial charge in [0.25, 0.3) is 0 Å². The Morgan fingerprint density at radius 3 is 2.15 bits per heavy atom. The van der Waals surface area contributed by atoms with E-state index in [2.05, 4.69) is 0 Å². The van der Waals surface area contributed by atoms with Crippen LogP contribution in [0.3, 0.4) is 0 Å². The lowest BCUT2D eigenvalue weighted by atomic mass is 9.75. The van der Waals surface area contributed by atoms with Gasteiger partial charge in [0.15, 0.2) is 0 Å². The van der Waals surface area contributed by atoms with E-state index in [1.807, 2.05) is 0 Å². The third-order valence-electron chi connectivity index (χ3n) is 2.81. The highest BCUT2D eigenvalue weighted by Crippen LogP contribution is 2.32. The number of hydrogen-bond acceptors (Lipinski definition) is 4. The van der Waals surface area contributed by atoms with Crippen LogP contribution in [0.25, 0.3) is 0 Å². The normalized spacial score (nSPS) is 34.1. The van der Waals surface area contributed by atoms with Crippen LogP contribution < -0.4 is 10.2 Å². The van der Waals surface area contributed by atoms with Crippen molar-refractivity contribution in [2.45, 2.75) is 26.2 Å². The highest BCUT2D eigenvalue weighted by molar-refractivity contribution is 5.70. The first-order chi connectivity index (χ1) is 6.02. The molecule has 4 nitrogen and oxygen atoms in total. The molecule has 13 heavy (non-hydrogen) atoms. The maximum Gasteiger partial charge on any atom is 0.0447 e. The molecule has 0 saturated heterocycles. The van der Waals surface area contributed by atoms with Crippen molar-refractivity contribution in [1.29, 1.82) is 0 Å². The summed E-state index contributed by atoms with van der Waals surface area (Å²) in [5, 5.41) is 21.1. The number of hydrogen-bond donors (Lipinski definition) is 0. The Balaban J connectivity index is 2.56. The minimum Gasteiger partial charge on any atom is -0.550 e. The summed E-state index contributed by atoms with van der Waals surface area (Å²) < 4.78 is 0. The zero-order chi connectivity index (χ0) is 10.0. The summed E-state index contributed by atoms with van der Waals surface area (Å²) >= 11 is 0. The highest BCUT2D eigenvalue weighted by Gasteiger charge is 2.28. The Kier molecular flexibility index (Phi) is 2.90. The number of carbonyl (C=O) groups is 2. The lowest BCUT2D eigenvalue weighted by Gasteiger charge is -2.34. The van der Waals surface area contributed by atoms with Crippen molar-refractivity contribution in [1.82, 2.24) is 0 Å². The van der Waals surface area contributed by atoms with Crippen molar-refractivity contribution < 1.29 is 19.8 Å². The van der Waals surface area contributed by atoms with Crippen molar-refractivity contribution in [3.05, 3.63) is 0 Å². The van der Waals surface area contributed by atoms with Gasteiger partial charge in [0, 0.05) is 17.9 Å². The summed E-state index contributed by atoms with van der Waals surface area (Å²) in [6, 6.07) is 0. The van der Waals surface area contributed by atoms with E-state index >= 15 is 0 Å². The molecule has 0 bridgehead atoms. The molecular weight excluding hydrogens is 172 g/mol. The van der Waals surface area contributed by atoms with Crippen molar-refractivity contribution in [3.63, 3.8) is 0 Å². The van der Waals surface area contributed by atoms with Crippen molar-refractivity contribution in [3.8, 4) is 0 Å². The lowest BCUT2D eigenvalue weighted by Crippen LogP contribution is -2.42. The third kappa shape index (κ3) is 2.20. The summed E-state index contributed by atoms with van der Waals surface area (Å²) in [6.07, 6.45) is 1.18. The van der Waals surface area contributed by atoms with E-state index in [1.54, 1.807) is 6.92 Å². The number of rotatable bonds is 2. The van der Waals surface area contributed by atoms with Crippen molar-refractivity contribution >= 4 is 11.9 Å². The number of aliphatic carboxylic acids is 2. The molecule has 0 aromatic heterocycles. The molecule has 0 heterocycles. The predicted octanol–water partition coefficient (Wildman–Crippen LogP) is -1.46. The van der Waals surface area contributed by atoms with Gasteiger partial charge >= 0.3 is 0 Å². The molecule has 0 spiro atoms. The standard InChI is InChI=1S/C9H14O4/c1-5-4-6(8(10)11)2-3-7(5)9(12)13/h5-7H,2-4H2,1H3,(H,10,11)(H,12,13)/p-2. The van der Waals surface area contributed by atoms with Crippen molar-refractivity contribution in [2.75, 3.05) is 0 Å². The highest BCUT2D eigenvalue weighted by atomic mass is 16.4. The Labute approximate surface area is 76.6 Å². The van der Waals surface area contributed by atoms with Crippen LogP contribution in [-0.2, 0) is 9.59 Å². The molecule has 1 saturated carbocycles. The van der Waals surface area contributed by atoms with E-state index in [4.69, 9.17) is 0 Å². The van der Waals surface area contributed by atoms with Gasteiger partial charge in [0.2, 0.25) is 0 Å². The molecule has 0 aliphatic heterocycles. The van der Waals surface area contributed by atoms with Crippen LogP contribution in [0, 0.1) is 17.8 Å². The third-order valence-corrected chi connectivity index (χ3v) is 2.81. The van der Waals surface area contributed by atoms with Crippen LogP contribution >= 0.6 is 0 Å². The Bertz CT molecular complexity index is 224. The molecule has 1 rings (SSSR count). The van der Waals surface area contributed by atoms with E-state index in [0.717, 1.165) is 0 Å². The molecule has 74 valence electrons. The van der Waals surface area contributed by atoms with Crippen LogP contribution in [0.15, 0.2) is 0 Å². The molecule has 3 unspecified atom stereocenters. The first-order valence-electron chi connectivity index (χ1n) is 4.44. The minimum absolute atomic E-state index is 0.123. The fourth-order valence-corrected chi connectivity index (χ4v) is 1.96. The monoisotopic (exact) mass is 184 g/mol. The van der Waals surface area contributed by atoms with Gasteiger partial charge in [-0.25, -0.2) is 0 Å². The van der Waals surface area contributed by atoms with Crippen LogP contribution in [0.5, 0.6) is 0 Å². The molecule has 0 amide bonds. The molecule has 0 N–H and O–H groups in total. The molecule has 1 aliphatic rings. The molecule has 0 radical (unpaired) electrons. The molecule has 1 aliphatic carbocycles. The van der Waals surface area contributed by atoms with Crippen LogP contribution in [0.4, 0.5) is 0 Å². The van der Waals surface area contributed by atoms with Gasteiger partial charge in [-0.2, -0.15) is 0 Å². The van der Waals surface area contributed by atoms with Gasteiger partial charge < -0.3 is 19.8 Å². The van der Waals surface area contributed by atoms with Crippen LogP contribution in [-0.4, -0.2) is 11.9 Å². The number of carboxylic acids is 2. The molecule has 0 aromatic carbocycles. The quantitative estimate of drug-likeness (QED) is 0.525. The fraction of sp³-hybridized carbons (Fsp3) is 0.778. The maximum atomic E-state index is 10.6. The minimum atomic E-state index is -1.07. The summed E-state index contributed by atoms with van der Waals surface area (Å²) in [5.74, 6) is -3.23. The zero-order valence-corrected chi connectivity index (χ0v) is 7.49. The smallest absolute Gasteiger partial charge is 0.0447 e. The molecule has 1 fully saturated rings. The van der Waals surface area contributed by atoms with Gasteiger partial charge in [-0.1, -0.05) is 6.92 Å². The van der Waals surface area contributed by atoms with Gasteiger partial charge in [-0.05, 0) is 31.1 Å². The van der Waals surface area contributed by atoms with E-state index in [9.17, 15) is 19.8 Å². The van der Waals surface area contributed by atoms with Gasteiger partial charge in [0.05, 0.1) is 0 Å². The molecular formula is C9H12O4-2. The number of carbonyl (C=O) groups excluding carboxylic acids is 2. The second-order valence-corrected chi connectivity index (χ2v) is 3.73. The Hall–Kier alpha value is -1.06. The van der Waals surface area contributed by atoms with E-state index in [-0.39, 0.29) is 5.92 Å². The number of carboxylic acid groups (broad SMARTS) is 2. The topological polar surface area (TPSA) is 80.3 Å². The van der Waals surface area contributed by atoms with Gasteiger partial charge in [-0.3, -0.25) is 0 Å². The van der Waals surface area contributed by atoms with Crippen LogP contribution in [0.2, 0.25) is 0 Å². The summed E-state index contributed by atoms with van der Waals surface area (Å²) in [7, 11) is 0. The first kappa shape index (κ1) is 10.0. The van der Waals surface area contributed by atoms with Gasteiger partial charge in [0.1, 0.15) is 0 Å². The maximum absolute atomic E-state index is 10.6.